The summed E-state index contributed by atoms with van der Waals surface area (Å²) in [6.45, 7) is 2.84. The lowest BCUT2D eigenvalue weighted by molar-refractivity contribution is -0.138. The molecule has 0 aromatic rings. The van der Waals surface area contributed by atoms with Gasteiger partial charge in [-0.1, -0.05) is 6.92 Å². The Labute approximate surface area is 112 Å². The van der Waals surface area contributed by atoms with E-state index in [0.717, 1.165) is 0 Å². The highest BCUT2D eigenvalue weighted by molar-refractivity contribution is 5.79. The van der Waals surface area contributed by atoms with Crippen LogP contribution in [0.3, 0.4) is 0 Å². The first-order valence-corrected chi connectivity index (χ1v) is 6.19. The fourth-order valence-corrected chi connectivity index (χ4v) is 1.46. The molecule has 0 heterocycles. The molecule has 0 aliphatic carbocycles. The number of hydrogen-bond donors (Lipinski definition) is 3. The van der Waals surface area contributed by atoms with Crippen LogP contribution < -0.4 is 10.6 Å². The number of carbonyl (C=O) groups is 3. The van der Waals surface area contributed by atoms with Crippen molar-refractivity contribution in [3.63, 3.8) is 0 Å². The van der Waals surface area contributed by atoms with Gasteiger partial charge in [0.15, 0.2) is 0 Å². The minimum Gasteiger partial charge on any atom is -0.481 e. The zero-order chi connectivity index (χ0) is 14.7. The first-order chi connectivity index (χ1) is 8.95. The van der Waals surface area contributed by atoms with Crippen LogP contribution in [0.5, 0.6) is 0 Å². The van der Waals surface area contributed by atoms with Crippen molar-refractivity contribution in [2.24, 2.45) is 5.92 Å². The molecule has 0 bridgehead atoms. The van der Waals surface area contributed by atoms with Crippen LogP contribution in [0.25, 0.3) is 0 Å². The van der Waals surface area contributed by atoms with Gasteiger partial charge in [-0.2, -0.15) is 0 Å². The molecule has 0 aromatic heterocycles. The Morgan fingerprint density at radius 3 is 2.32 bits per heavy atom. The van der Waals surface area contributed by atoms with Crippen LogP contribution >= 0.6 is 0 Å². The molecule has 1 unspecified atom stereocenters. The van der Waals surface area contributed by atoms with E-state index in [-0.39, 0.29) is 43.5 Å². The normalized spacial score (nSPS) is 11.7. The van der Waals surface area contributed by atoms with Gasteiger partial charge in [-0.3, -0.25) is 14.4 Å². The number of rotatable bonds is 10. The maximum Gasteiger partial charge on any atom is 0.303 e. The number of carbonyl (C=O) groups excluding carboxylic acids is 2. The second-order valence-corrected chi connectivity index (χ2v) is 4.35. The summed E-state index contributed by atoms with van der Waals surface area (Å²) in [5.74, 6) is -1.53. The summed E-state index contributed by atoms with van der Waals surface area (Å²) in [5.41, 5.74) is 0. The lowest BCUT2D eigenvalue weighted by Crippen LogP contribution is -2.32. The summed E-state index contributed by atoms with van der Waals surface area (Å²) in [6.07, 6.45) is 0.311. The molecule has 110 valence electrons. The molecule has 0 fully saturated rings. The van der Waals surface area contributed by atoms with Crippen LogP contribution in [0.2, 0.25) is 0 Å². The van der Waals surface area contributed by atoms with Crippen molar-refractivity contribution in [2.75, 3.05) is 26.8 Å². The molecule has 19 heavy (non-hydrogen) atoms. The van der Waals surface area contributed by atoms with Gasteiger partial charge in [0.05, 0.1) is 6.61 Å². The molecule has 0 saturated heterocycles. The molecular formula is C12H22N2O5. The van der Waals surface area contributed by atoms with Crippen LogP contribution in [0.15, 0.2) is 0 Å². The molecule has 7 heteroatoms. The van der Waals surface area contributed by atoms with Crippen molar-refractivity contribution in [3.8, 4) is 0 Å². The Balaban J connectivity index is 3.62. The van der Waals surface area contributed by atoms with Gasteiger partial charge in [0.25, 0.3) is 0 Å². The van der Waals surface area contributed by atoms with E-state index in [2.05, 4.69) is 10.6 Å². The predicted octanol–water partition coefficient (Wildman–Crippen LogP) is -0.244. The molecule has 3 N–H and O–H groups in total. The van der Waals surface area contributed by atoms with E-state index in [1.807, 2.05) is 0 Å². The third-order valence-corrected chi connectivity index (χ3v) is 2.36. The number of carboxylic acids is 1. The van der Waals surface area contributed by atoms with Crippen LogP contribution in [0, 0.1) is 5.92 Å². The molecule has 7 nitrogen and oxygen atoms in total. The van der Waals surface area contributed by atoms with E-state index >= 15 is 0 Å². The van der Waals surface area contributed by atoms with E-state index in [1.165, 1.54) is 0 Å². The molecule has 1 atom stereocenters. The average molecular weight is 274 g/mol. The van der Waals surface area contributed by atoms with E-state index in [9.17, 15) is 14.4 Å². The maximum absolute atomic E-state index is 11.4. The van der Waals surface area contributed by atoms with Crippen molar-refractivity contribution < 1.29 is 24.2 Å². The number of ether oxygens (including phenoxy) is 1. The molecule has 2 amide bonds. The summed E-state index contributed by atoms with van der Waals surface area (Å²) in [5, 5.41) is 13.8. The van der Waals surface area contributed by atoms with Gasteiger partial charge in [-0.15, -0.1) is 0 Å². The van der Waals surface area contributed by atoms with Crippen LogP contribution in [0.1, 0.15) is 26.2 Å². The highest BCUT2D eigenvalue weighted by Crippen LogP contribution is 2.06. The van der Waals surface area contributed by atoms with Gasteiger partial charge in [-0.25, -0.2) is 0 Å². The number of carboxylic acid groups (broad SMARTS) is 1. The third-order valence-electron chi connectivity index (χ3n) is 2.36. The van der Waals surface area contributed by atoms with E-state index in [0.29, 0.717) is 13.2 Å². The highest BCUT2D eigenvalue weighted by Gasteiger charge is 2.12. The zero-order valence-electron chi connectivity index (χ0n) is 11.4. The third kappa shape index (κ3) is 11.2. The van der Waals surface area contributed by atoms with Crippen LogP contribution in [0.4, 0.5) is 0 Å². The number of aliphatic carboxylic acids is 1. The van der Waals surface area contributed by atoms with Crippen molar-refractivity contribution in [2.45, 2.75) is 26.2 Å². The second-order valence-electron chi connectivity index (χ2n) is 4.35. The van der Waals surface area contributed by atoms with Crippen LogP contribution in [-0.4, -0.2) is 49.7 Å². The van der Waals surface area contributed by atoms with Gasteiger partial charge >= 0.3 is 5.97 Å². The Kier molecular flexibility index (Phi) is 9.42. The number of methoxy groups -OCH3 is 1. The molecule has 0 aliphatic rings. The lowest BCUT2D eigenvalue weighted by Gasteiger charge is -2.09. The van der Waals surface area contributed by atoms with Gasteiger partial charge < -0.3 is 20.5 Å². The minimum absolute atomic E-state index is 0.0368. The van der Waals surface area contributed by atoms with Crippen molar-refractivity contribution in [1.82, 2.24) is 10.6 Å². The Morgan fingerprint density at radius 1 is 1.11 bits per heavy atom. The minimum atomic E-state index is -0.919. The molecule has 0 spiro atoms. The van der Waals surface area contributed by atoms with Crippen molar-refractivity contribution in [3.05, 3.63) is 0 Å². The Bertz CT molecular complexity index is 306. The number of amides is 2. The largest absolute Gasteiger partial charge is 0.481 e. The number of nitrogens with one attached hydrogen (secondary N) is 2. The standard InChI is InChI=1S/C12H22N2O5/c1-9(8-12(17)18)7-11(16)13-4-3-10(15)14-5-6-19-2/h9H,3-8H2,1-2H3,(H,13,16)(H,14,15)(H,17,18). The monoisotopic (exact) mass is 274 g/mol. The topological polar surface area (TPSA) is 105 Å². The van der Waals surface area contributed by atoms with Gasteiger partial charge in [0.1, 0.15) is 0 Å². The second kappa shape index (κ2) is 10.3. The predicted molar refractivity (Wildman–Crippen MR) is 68.5 cm³/mol. The molecule has 0 rings (SSSR count). The fourth-order valence-electron chi connectivity index (χ4n) is 1.46. The fraction of sp³-hybridized carbons (Fsp3) is 0.750. The van der Waals surface area contributed by atoms with Crippen molar-refractivity contribution >= 4 is 17.8 Å². The van der Waals surface area contributed by atoms with Gasteiger partial charge in [-0.05, 0) is 5.92 Å². The first-order valence-electron chi connectivity index (χ1n) is 6.19. The van der Waals surface area contributed by atoms with E-state index in [4.69, 9.17) is 9.84 Å². The molecular weight excluding hydrogens is 252 g/mol. The quantitative estimate of drug-likeness (QED) is 0.477. The molecule has 0 saturated carbocycles. The molecule has 0 radical (unpaired) electrons. The summed E-state index contributed by atoms with van der Waals surface area (Å²) < 4.78 is 4.78. The smallest absolute Gasteiger partial charge is 0.303 e. The summed E-state index contributed by atoms with van der Waals surface area (Å²) in [6, 6.07) is 0. The highest BCUT2D eigenvalue weighted by atomic mass is 16.5. The van der Waals surface area contributed by atoms with E-state index < -0.39 is 5.97 Å². The Hall–Kier alpha value is -1.63. The van der Waals surface area contributed by atoms with Gasteiger partial charge in [0.2, 0.25) is 11.8 Å². The number of hydrogen-bond acceptors (Lipinski definition) is 4. The summed E-state index contributed by atoms with van der Waals surface area (Å²) in [4.78, 5) is 33.1. The van der Waals surface area contributed by atoms with Crippen molar-refractivity contribution in [1.29, 1.82) is 0 Å². The first kappa shape index (κ1) is 17.4. The lowest BCUT2D eigenvalue weighted by atomic mass is 10.0. The summed E-state index contributed by atoms with van der Waals surface area (Å²) >= 11 is 0. The SMILES string of the molecule is COCCNC(=O)CCNC(=O)CC(C)CC(=O)O. The zero-order valence-corrected chi connectivity index (χ0v) is 11.4. The van der Waals surface area contributed by atoms with Gasteiger partial charge in [0, 0.05) is 39.5 Å². The molecule has 0 aromatic carbocycles. The molecule has 0 aliphatic heterocycles. The van der Waals surface area contributed by atoms with Crippen LogP contribution in [-0.2, 0) is 19.1 Å². The van der Waals surface area contributed by atoms with E-state index in [1.54, 1.807) is 14.0 Å². The Morgan fingerprint density at radius 2 is 1.74 bits per heavy atom. The average Bonchev–Trinajstić information content (AvgIpc) is 2.27. The maximum atomic E-state index is 11.4. The summed E-state index contributed by atoms with van der Waals surface area (Å²) in [7, 11) is 1.55.